The van der Waals surface area contributed by atoms with E-state index in [1.54, 1.807) is 0 Å². The molecule has 9 heavy (non-hydrogen) atoms. The Bertz CT molecular complexity index is 105. The Balaban J connectivity index is 1.69. The summed E-state index contributed by atoms with van der Waals surface area (Å²) in [5.74, 6) is 0. The van der Waals surface area contributed by atoms with E-state index in [2.05, 4.69) is 16.7 Å². The Kier molecular flexibility index (Phi) is 1.24. The molecule has 0 aromatic heterocycles. The van der Waals surface area contributed by atoms with Gasteiger partial charge in [0.2, 0.25) is 0 Å². The second kappa shape index (κ2) is 1.96. The van der Waals surface area contributed by atoms with E-state index in [9.17, 15) is 0 Å². The molecule has 2 heteroatoms. The molecule has 2 rings (SSSR count). The first-order valence-corrected chi connectivity index (χ1v) is 3.82. The molecule has 2 heterocycles. The molecular formula is C7H14N2. The average molecular weight is 126 g/mol. The topological polar surface area (TPSA) is 6.02 Å². The lowest BCUT2D eigenvalue weighted by Crippen LogP contribution is -2.23. The smallest absolute Gasteiger partial charge is 0.0195 e. The Morgan fingerprint density at radius 3 is 2.33 bits per heavy atom. The van der Waals surface area contributed by atoms with E-state index in [1.807, 2.05) is 0 Å². The van der Waals surface area contributed by atoms with Crippen molar-refractivity contribution in [2.45, 2.75) is 13.0 Å². The van der Waals surface area contributed by atoms with Crippen LogP contribution in [-0.2, 0) is 0 Å². The van der Waals surface area contributed by atoms with Crippen molar-refractivity contribution < 1.29 is 0 Å². The normalized spacial score (nSPS) is 30.3. The van der Waals surface area contributed by atoms with E-state index >= 15 is 0 Å². The van der Waals surface area contributed by atoms with Crippen LogP contribution in [0.15, 0.2) is 0 Å². The molecule has 0 aliphatic carbocycles. The van der Waals surface area contributed by atoms with Gasteiger partial charge >= 0.3 is 0 Å². The summed E-state index contributed by atoms with van der Waals surface area (Å²) in [5.41, 5.74) is 0. The van der Waals surface area contributed by atoms with Gasteiger partial charge in [0.25, 0.3) is 0 Å². The van der Waals surface area contributed by atoms with E-state index in [0.717, 1.165) is 6.04 Å². The van der Waals surface area contributed by atoms with Crippen molar-refractivity contribution in [1.29, 1.82) is 0 Å². The van der Waals surface area contributed by atoms with E-state index < -0.39 is 0 Å². The van der Waals surface area contributed by atoms with E-state index in [4.69, 9.17) is 0 Å². The zero-order valence-corrected chi connectivity index (χ0v) is 6.01. The van der Waals surface area contributed by atoms with Crippen LogP contribution in [0.5, 0.6) is 0 Å². The first-order valence-electron chi connectivity index (χ1n) is 3.82. The second-order valence-corrected chi connectivity index (χ2v) is 3.19. The van der Waals surface area contributed by atoms with Gasteiger partial charge in [-0.2, -0.15) is 0 Å². The van der Waals surface area contributed by atoms with Crippen LogP contribution in [0, 0.1) is 0 Å². The zero-order valence-electron chi connectivity index (χ0n) is 6.01. The second-order valence-electron chi connectivity index (χ2n) is 3.19. The first kappa shape index (κ1) is 5.69. The van der Waals surface area contributed by atoms with Gasteiger partial charge < -0.3 is 0 Å². The summed E-state index contributed by atoms with van der Waals surface area (Å²) in [7, 11) is 0. The van der Waals surface area contributed by atoms with Gasteiger partial charge in [0.1, 0.15) is 0 Å². The fourth-order valence-corrected chi connectivity index (χ4v) is 1.24. The third-order valence-electron chi connectivity index (χ3n) is 2.17. The van der Waals surface area contributed by atoms with Crippen molar-refractivity contribution in [3.8, 4) is 0 Å². The minimum absolute atomic E-state index is 0.826. The fraction of sp³-hybridized carbons (Fsp3) is 1.00. The molecule has 0 amide bonds. The Labute approximate surface area is 56.4 Å². The van der Waals surface area contributed by atoms with Crippen LogP contribution in [0.25, 0.3) is 0 Å². The van der Waals surface area contributed by atoms with Crippen LogP contribution in [-0.4, -0.2) is 48.6 Å². The van der Waals surface area contributed by atoms with Crippen molar-refractivity contribution in [2.75, 3.05) is 32.7 Å². The number of nitrogens with zero attached hydrogens (tertiary/aromatic N) is 2. The highest BCUT2D eigenvalue weighted by Gasteiger charge is 2.28. The van der Waals surface area contributed by atoms with E-state index in [-0.39, 0.29) is 0 Å². The third-order valence-corrected chi connectivity index (χ3v) is 2.17. The van der Waals surface area contributed by atoms with E-state index in [1.165, 1.54) is 32.7 Å². The maximum Gasteiger partial charge on any atom is 0.0195 e. The molecule has 1 atom stereocenters. The molecule has 2 fully saturated rings. The van der Waals surface area contributed by atoms with Crippen molar-refractivity contribution >= 4 is 0 Å². The maximum absolute atomic E-state index is 2.51. The van der Waals surface area contributed by atoms with Crippen molar-refractivity contribution in [3.63, 3.8) is 0 Å². The summed E-state index contributed by atoms with van der Waals surface area (Å²) in [6.45, 7) is 9.01. The predicted molar refractivity (Wildman–Crippen MR) is 37.5 cm³/mol. The molecule has 0 aromatic carbocycles. The molecule has 2 nitrogen and oxygen atoms in total. The minimum Gasteiger partial charge on any atom is -0.299 e. The van der Waals surface area contributed by atoms with Gasteiger partial charge in [-0.3, -0.25) is 9.80 Å². The molecule has 0 bridgehead atoms. The third kappa shape index (κ3) is 1.43. The molecule has 0 radical (unpaired) electrons. The molecule has 1 unspecified atom stereocenters. The largest absolute Gasteiger partial charge is 0.299 e. The van der Waals surface area contributed by atoms with Crippen molar-refractivity contribution in [1.82, 2.24) is 9.80 Å². The molecule has 0 spiro atoms. The molecule has 2 aliphatic heterocycles. The quantitative estimate of drug-likeness (QED) is 0.491. The molecule has 2 saturated heterocycles. The van der Waals surface area contributed by atoms with Gasteiger partial charge in [-0.15, -0.1) is 0 Å². The monoisotopic (exact) mass is 126 g/mol. The zero-order chi connectivity index (χ0) is 6.27. The standard InChI is InChI=1S/C7H14N2/c1-7(9-4-5-9)6-8-2-3-8/h7H,2-6H2,1H3. The van der Waals surface area contributed by atoms with Crippen LogP contribution >= 0.6 is 0 Å². The fourth-order valence-electron chi connectivity index (χ4n) is 1.24. The Morgan fingerprint density at radius 2 is 1.89 bits per heavy atom. The summed E-state index contributed by atoms with van der Waals surface area (Å²) < 4.78 is 0. The predicted octanol–water partition coefficient (Wildman–Crippen LogP) is 0.00610. The van der Waals surface area contributed by atoms with Crippen LogP contribution in [0.2, 0.25) is 0 Å². The Morgan fingerprint density at radius 1 is 1.22 bits per heavy atom. The van der Waals surface area contributed by atoms with Gasteiger partial charge in [-0.1, -0.05) is 0 Å². The number of rotatable bonds is 3. The summed E-state index contributed by atoms with van der Waals surface area (Å²) in [6, 6.07) is 0.826. The molecular weight excluding hydrogens is 112 g/mol. The minimum atomic E-state index is 0.826. The highest BCUT2D eigenvalue weighted by molar-refractivity contribution is 4.84. The molecule has 52 valence electrons. The van der Waals surface area contributed by atoms with Gasteiger partial charge in [0.15, 0.2) is 0 Å². The SMILES string of the molecule is CC(CN1CC1)N1CC1. The lowest BCUT2D eigenvalue weighted by Gasteiger charge is -2.11. The average Bonchev–Trinajstić information content (AvgIpc) is 2.62. The summed E-state index contributed by atoms with van der Waals surface area (Å²) in [6.07, 6.45) is 0. The van der Waals surface area contributed by atoms with Gasteiger partial charge in [0, 0.05) is 38.8 Å². The van der Waals surface area contributed by atoms with Crippen molar-refractivity contribution in [2.24, 2.45) is 0 Å². The summed E-state index contributed by atoms with van der Waals surface area (Å²) in [5, 5.41) is 0. The van der Waals surface area contributed by atoms with Gasteiger partial charge in [-0.25, -0.2) is 0 Å². The Hall–Kier alpha value is -0.0800. The number of hydrogen-bond acceptors (Lipinski definition) is 2. The number of hydrogen-bond donors (Lipinski definition) is 0. The molecule has 2 aliphatic rings. The van der Waals surface area contributed by atoms with Crippen LogP contribution in [0.1, 0.15) is 6.92 Å². The highest BCUT2D eigenvalue weighted by Crippen LogP contribution is 2.14. The molecule has 0 saturated carbocycles. The summed E-state index contributed by atoms with van der Waals surface area (Å²) in [4.78, 5) is 5.00. The lowest BCUT2D eigenvalue weighted by molar-refractivity contribution is 0.359. The highest BCUT2D eigenvalue weighted by atomic mass is 15.3. The maximum atomic E-state index is 2.51. The van der Waals surface area contributed by atoms with E-state index in [0.29, 0.717) is 0 Å². The van der Waals surface area contributed by atoms with Crippen LogP contribution in [0.4, 0.5) is 0 Å². The molecule has 0 aromatic rings. The van der Waals surface area contributed by atoms with Crippen LogP contribution in [0.3, 0.4) is 0 Å². The molecule has 0 N–H and O–H groups in total. The van der Waals surface area contributed by atoms with Crippen LogP contribution < -0.4 is 0 Å². The van der Waals surface area contributed by atoms with Gasteiger partial charge in [-0.05, 0) is 6.92 Å². The van der Waals surface area contributed by atoms with Gasteiger partial charge in [0.05, 0.1) is 0 Å². The summed E-state index contributed by atoms with van der Waals surface area (Å²) >= 11 is 0. The first-order chi connectivity index (χ1) is 4.36. The van der Waals surface area contributed by atoms with Crippen molar-refractivity contribution in [3.05, 3.63) is 0 Å². The lowest BCUT2D eigenvalue weighted by atomic mass is 10.3.